The van der Waals surface area contributed by atoms with Crippen LogP contribution in [0, 0.1) is 17.3 Å². The van der Waals surface area contributed by atoms with Gasteiger partial charge in [0.05, 0.1) is 11.3 Å². The van der Waals surface area contributed by atoms with Crippen molar-refractivity contribution in [1.29, 1.82) is 0 Å². The third kappa shape index (κ3) is 5.30. The number of benzene rings is 1. The molecule has 0 aliphatic heterocycles. The third-order valence-electron chi connectivity index (χ3n) is 7.48. The van der Waals surface area contributed by atoms with Gasteiger partial charge in [0.15, 0.2) is 6.61 Å². The van der Waals surface area contributed by atoms with Crippen molar-refractivity contribution < 1.29 is 22.7 Å². The minimum atomic E-state index is -3.55. The molecule has 5 rings (SSSR count). The monoisotopic (exact) mass is 540 g/mol. The topological polar surface area (TPSA) is 92.8 Å². The van der Waals surface area contributed by atoms with Crippen LogP contribution >= 0.6 is 15.9 Å². The Labute approximate surface area is 204 Å². The Balaban J connectivity index is 1.28. The van der Waals surface area contributed by atoms with E-state index < -0.39 is 15.9 Å². The maximum atomic E-state index is 12.6. The molecular formula is C24H33BrN2O5S. The quantitative estimate of drug-likeness (QED) is 0.371. The molecule has 0 aromatic heterocycles. The predicted molar refractivity (Wildman–Crippen MR) is 130 cm³/mol. The van der Waals surface area contributed by atoms with Crippen LogP contribution in [0.15, 0.2) is 29.2 Å². The molecule has 1 aromatic carbocycles. The summed E-state index contributed by atoms with van der Waals surface area (Å²) in [6.45, 7) is 4.01. The van der Waals surface area contributed by atoms with Crippen LogP contribution in [-0.4, -0.2) is 48.6 Å². The van der Waals surface area contributed by atoms with Crippen LogP contribution in [0.4, 0.5) is 5.69 Å². The summed E-state index contributed by atoms with van der Waals surface area (Å²) in [5.74, 6) is 0.625. The smallest absolute Gasteiger partial charge is 0.306 e. The van der Waals surface area contributed by atoms with Gasteiger partial charge in [-0.3, -0.25) is 9.59 Å². The molecule has 0 unspecified atom stereocenters. The molecular weight excluding hydrogens is 508 g/mol. The maximum absolute atomic E-state index is 12.6. The number of carbonyl (C=O) groups excluding carboxylic acids is 2. The maximum Gasteiger partial charge on any atom is 0.306 e. The molecule has 4 fully saturated rings. The zero-order valence-corrected chi connectivity index (χ0v) is 21.7. The predicted octanol–water partition coefficient (Wildman–Crippen LogP) is 4.32. The Morgan fingerprint density at radius 1 is 1.09 bits per heavy atom. The van der Waals surface area contributed by atoms with Crippen LogP contribution < -0.4 is 5.32 Å². The average Bonchev–Trinajstić information content (AvgIpc) is 2.71. The molecule has 2 atom stereocenters. The molecule has 33 heavy (non-hydrogen) atoms. The minimum absolute atomic E-state index is 0.00727. The number of alkyl halides is 1. The first-order chi connectivity index (χ1) is 15.6. The van der Waals surface area contributed by atoms with Crippen LogP contribution in [0.3, 0.4) is 0 Å². The van der Waals surface area contributed by atoms with Crippen LogP contribution in [0.1, 0.15) is 58.8 Å². The second-order valence-electron chi connectivity index (χ2n) is 10.1. The molecule has 1 N–H and O–H groups in total. The van der Waals surface area contributed by atoms with Gasteiger partial charge in [-0.2, -0.15) is 4.31 Å². The van der Waals surface area contributed by atoms with Crippen LogP contribution in [0.2, 0.25) is 0 Å². The van der Waals surface area contributed by atoms with E-state index in [9.17, 15) is 18.0 Å². The van der Waals surface area contributed by atoms with Crippen molar-refractivity contribution in [3.05, 3.63) is 24.3 Å². The summed E-state index contributed by atoms with van der Waals surface area (Å²) in [6.07, 6.45) is 7.24. The van der Waals surface area contributed by atoms with E-state index in [0.717, 1.165) is 19.3 Å². The van der Waals surface area contributed by atoms with Crippen LogP contribution in [0.25, 0.3) is 0 Å². The highest BCUT2D eigenvalue weighted by Crippen LogP contribution is 2.65. The Hall–Kier alpha value is -1.45. The number of halogens is 1. The lowest BCUT2D eigenvalue weighted by molar-refractivity contribution is -0.153. The lowest BCUT2D eigenvalue weighted by atomic mass is 9.49. The fourth-order valence-corrected chi connectivity index (χ4v) is 9.63. The number of carbonyl (C=O) groups is 2. The number of hydrogen-bond donors (Lipinski definition) is 1. The number of sulfonamides is 1. The van der Waals surface area contributed by atoms with Gasteiger partial charge in [0.25, 0.3) is 5.91 Å². The number of ether oxygens (including phenoxy) is 1. The number of amides is 1. The molecule has 1 aromatic rings. The summed E-state index contributed by atoms with van der Waals surface area (Å²) in [5, 5.41) is 2.67. The molecule has 0 radical (unpaired) electrons. The second-order valence-corrected chi connectivity index (χ2v) is 13.7. The normalized spacial score (nSPS) is 30.4. The van der Waals surface area contributed by atoms with Gasteiger partial charge in [0.2, 0.25) is 10.0 Å². The number of hydrogen-bond acceptors (Lipinski definition) is 5. The highest BCUT2D eigenvalue weighted by atomic mass is 79.9. The van der Waals surface area contributed by atoms with E-state index in [2.05, 4.69) is 21.2 Å². The molecule has 0 saturated heterocycles. The summed E-state index contributed by atoms with van der Waals surface area (Å²) < 4.78 is 32.0. The van der Waals surface area contributed by atoms with Crippen molar-refractivity contribution in [2.75, 3.05) is 25.0 Å². The summed E-state index contributed by atoms with van der Waals surface area (Å²) in [7, 11) is -3.55. The summed E-state index contributed by atoms with van der Waals surface area (Å²) >= 11 is 3.96. The van der Waals surface area contributed by atoms with E-state index >= 15 is 0 Å². The molecule has 0 heterocycles. The molecule has 9 heteroatoms. The summed E-state index contributed by atoms with van der Waals surface area (Å²) in [4.78, 5) is 25.0. The van der Waals surface area contributed by atoms with Gasteiger partial charge in [0.1, 0.15) is 0 Å². The molecule has 4 bridgehead atoms. The van der Waals surface area contributed by atoms with Gasteiger partial charge in [0, 0.05) is 23.1 Å². The molecule has 0 spiro atoms. The highest BCUT2D eigenvalue weighted by Gasteiger charge is 2.57. The molecule has 182 valence electrons. The van der Waals surface area contributed by atoms with Crippen molar-refractivity contribution in [3.63, 3.8) is 0 Å². The van der Waals surface area contributed by atoms with E-state index in [1.807, 2.05) is 0 Å². The first-order valence-corrected chi connectivity index (χ1v) is 14.0. The van der Waals surface area contributed by atoms with Gasteiger partial charge in [-0.15, -0.1) is 0 Å². The van der Waals surface area contributed by atoms with Gasteiger partial charge < -0.3 is 10.1 Å². The number of nitrogens with zero attached hydrogens (tertiary/aromatic N) is 1. The Morgan fingerprint density at radius 3 is 2.24 bits per heavy atom. The number of anilines is 1. The van der Waals surface area contributed by atoms with E-state index in [1.54, 1.807) is 26.0 Å². The molecule has 4 aliphatic rings. The highest BCUT2D eigenvalue weighted by molar-refractivity contribution is 9.10. The average molecular weight is 542 g/mol. The van der Waals surface area contributed by atoms with Crippen LogP contribution in [0.5, 0.6) is 0 Å². The first kappa shape index (κ1) is 24.7. The Kier molecular flexibility index (Phi) is 6.95. The first-order valence-electron chi connectivity index (χ1n) is 11.8. The van der Waals surface area contributed by atoms with Crippen molar-refractivity contribution in [2.45, 2.75) is 68.0 Å². The fourth-order valence-electron chi connectivity index (χ4n) is 6.67. The fraction of sp³-hybridized carbons (Fsp3) is 0.667. The van der Waals surface area contributed by atoms with Gasteiger partial charge in [-0.05, 0) is 80.0 Å². The number of rotatable bonds is 9. The molecule has 4 aliphatic carbocycles. The van der Waals surface area contributed by atoms with Crippen molar-refractivity contribution in [3.8, 4) is 0 Å². The van der Waals surface area contributed by atoms with E-state index in [0.29, 0.717) is 37.0 Å². The Morgan fingerprint density at radius 2 is 1.70 bits per heavy atom. The Bertz CT molecular complexity index is 992. The molecule has 4 saturated carbocycles. The van der Waals surface area contributed by atoms with Gasteiger partial charge >= 0.3 is 5.97 Å². The van der Waals surface area contributed by atoms with Crippen molar-refractivity contribution in [2.24, 2.45) is 17.3 Å². The second kappa shape index (κ2) is 9.30. The standard InChI is InChI=1S/C24H33BrN2O5S/c1-3-27(4-2)33(30,31)20-7-5-19(6-8-20)26-21(28)15-32-22(29)14-23-10-17-9-18(11-23)13-24(25,12-17)16-23/h5-8,17-18H,3-4,9-16H2,1-2H3,(H,26,28)/t17-,18-,23?,24?/m1/s1. The van der Waals surface area contributed by atoms with Crippen molar-refractivity contribution in [1.82, 2.24) is 4.31 Å². The van der Waals surface area contributed by atoms with Gasteiger partial charge in [-0.25, -0.2) is 8.42 Å². The van der Waals surface area contributed by atoms with E-state index in [4.69, 9.17) is 4.74 Å². The summed E-state index contributed by atoms with van der Waals surface area (Å²) in [6, 6.07) is 6.03. The lowest BCUT2D eigenvalue weighted by Crippen LogP contribution is -2.53. The van der Waals surface area contributed by atoms with E-state index in [1.165, 1.54) is 35.7 Å². The third-order valence-corrected chi connectivity index (χ3v) is 10.5. The summed E-state index contributed by atoms with van der Waals surface area (Å²) in [5.41, 5.74) is 0.463. The number of esters is 1. The zero-order chi connectivity index (χ0) is 23.9. The van der Waals surface area contributed by atoms with Crippen molar-refractivity contribution >= 4 is 43.5 Å². The van der Waals surface area contributed by atoms with E-state index in [-0.39, 0.29) is 27.2 Å². The largest absolute Gasteiger partial charge is 0.456 e. The lowest BCUT2D eigenvalue weighted by Gasteiger charge is -2.60. The van der Waals surface area contributed by atoms with Crippen LogP contribution in [-0.2, 0) is 24.3 Å². The molecule has 7 nitrogen and oxygen atoms in total. The molecule has 1 amide bonds. The SMILES string of the molecule is CCN(CC)S(=O)(=O)c1ccc(NC(=O)COC(=O)CC23C[C@H]4C[C@@H](CC(Br)(C4)C2)C3)cc1. The minimum Gasteiger partial charge on any atom is -0.456 e. The van der Waals surface area contributed by atoms with Gasteiger partial charge in [-0.1, -0.05) is 29.8 Å². The zero-order valence-electron chi connectivity index (χ0n) is 19.3. The number of nitrogens with one attached hydrogen (secondary N) is 1.